The summed E-state index contributed by atoms with van der Waals surface area (Å²) in [5, 5.41) is 2.93. The van der Waals surface area contributed by atoms with Crippen LogP contribution in [0.2, 0.25) is 0 Å². The normalized spacial score (nSPS) is 12.4. The first-order valence-corrected chi connectivity index (χ1v) is 13.0. The lowest BCUT2D eigenvalue weighted by Crippen LogP contribution is -2.39. The molecular weight excluding hydrogens is 484 g/mol. The molecule has 3 aromatic rings. The molecule has 0 aromatic heterocycles. The fourth-order valence-electron chi connectivity index (χ4n) is 4.33. The molecule has 0 atom stereocenters. The number of carbonyl (C=O) groups is 2. The predicted octanol–water partition coefficient (Wildman–Crippen LogP) is 5.49. The molecule has 1 aliphatic rings. The van der Waals surface area contributed by atoms with Crippen LogP contribution in [0.25, 0.3) is 0 Å². The van der Waals surface area contributed by atoms with Crippen molar-refractivity contribution in [2.24, 2.45) is 0 Å². The first-order valence-electron chi connectivity index (χ1n) is 13.0. The van der Waals surface area contributed by atoms with Gasteiger partial charge in [-0.15, -0.1) is 0 Å². The average molecular weight is 519 g/mol. The maximum absolute atomic E-state index is 13.3. The molecule has 0 aliphatic carbocycles. The Labute approximate surface area is 223 Å². The second-order valence-electron chi connectivity index (χ2n) is 8.66. The summed E-state index contributed by atoms with van der Waals surface area (Å²) in [7, 11) is 0. The Hall–Kier alpha value is -4.20. The van der Waals surface area contributed by atoms with E-state index in [4.69, 9.17) is 18.9 Å². The molecule has 0 saturated heterocycles. The van der Waals surface area contributed by atoms with E-state index in [9.17, 15) is 9.59 Å². The second-order valence-corrected chi connectivity index (χ2v) is 8.66. The van der Waals surface area contributed by atoms with Gasteiger partial charge in [0.15, 0.2) is 18.1 Å². The van der Waals surface area contributed by atoms with Gasteiger partial charge in [0.05, 0.1) is 25.5 Å². The topological polar surface area (TPSA) is 86.3 Å². The molecule has 0 unspecified atom stereocenters. The molecule has 8 nitrogen and oxygen atoms in total. The van der Waals surface area contributed by atoms with Crippen LogP contribution < -0.4 is 29.2 Å². The Morgan fingerprint density at radius 2 is 1.61 bits per heavy atom. The van der Waals surface area contributed by atoms with Crippen LogP contribution in [0.4, 0.5) is 11.4 Å². The lowest BCUT2D eigenvalue weighted by Gasteiger charge is -2.30. The Bertz CT molecular complexity index is 1230. The molecule has 8 heteroatoms. The molecule has 0 radical (unpaired) electrons. The highest BCUT2D eigenvalue weighted by molar-refractivity contribution is 6.06. The van der Waals surface area contributed by atoms with Crippen molar-refractivity contribution in [1.82, 2.24) is 0 Å². The van der Waals surface area contributed by atoms with Gasteiger partial charge in [-0.3, -0.25) is 9.59 Å². The first-order chi connectivity index (χ1) is 18.5. The number of nitrogens with one attached hydrogen (secondary N) is 1. The maximum atomic E-state index is 13.3. The number of benzene rings is 3. The Morgan fingerprint density at radius 1 is 0.921 bits per heavy atom. The van der Waals surface area contributed by atoms with Gasteiger partial charge < -0.3 is 29.2 Å². The predicted molar refractivity (Wildman–Crippen MR) is 147 cm³/mol. The highest BCUT2D eigenvalue weighted by Gasteiger charge is 2.26. The molecule has 0 spiro atoms. The third-order valence-electron chi connectivity index (χ3n) is 6.02. The number of fused-ring (bicyclic) bond motifs is 1. The minimum absolute atomic E-state index is 0.00334. The van der Waals surface area contributed by atoms with E-state index in [-0.39, 0.29) is 18.4 Å². The SMILES string of the molecule is CCOc1cc(C(=O)Nc2ccc3c(c2)N(CCCc2ccccc2)C(=O)CO3)cc(OCC)c1OCC. The van der Waals surface area contributed by atoms with Crippen molar-refractivity contribution in [2.75, 3.05) is 43.2 Å². The van der Waals surface area contributed by atoms with Crippen LogP contribution in [-0.4, -0.2) is 44.8 Å². The van der Waals surface area contributed by atoms with Gasteiger partial charge in [0.1, 0.15) is 5.75 Å². The number of carbonyl (C=O) groups excluding carboxylic acids is 2. The third kappa shape index (κ3) is 6.37. The van der Waals surface area contributed by atoms with Crippen molar-refractivity contribution >= 4 is 23.2 Å². The Morgan fingerprint density at radius 3 is 2.26 bits per heavy atom. The molecule has 0 saturated carbocycles. The summed E-state index contributed by atoms with van der Waals surface area (Å²) in [5.41, 5.74) is 2.78. The van der Waals surface area contributed by atoms with Crippen LogP contribution in [0.15, 0.2) is 60.7 Å². The number of hydrogen-bond acceptors (Lipinski definition) is 6. The molecule has 1 aliphatic heterocycles. The van der Waals surface area contributed by atoms with Crippen LogP contribution in [0.1, 0.15) is 43.1 Å². The van der Waals surface area contributed by atoms with Crippen LogP contribution in [-0.2, 0) is 11.2 Å². The van der Waals surface area contributed by atoms with Crippen molar-refractivity contribution in [3.05, 3.63) is 71.8 Å². The van der Waals surface area contributed by atoms with E-state index >= 15 is 0 Å². The standard InChI is InChI=1S/C30H34N2O6/c1-4-35-26-17-22(18-27(36-5-2)29(26)37-6-3)30(34)31-23-14-15-25-24(19-23)32(28(33)20-38-25)16-10-13-21-11-8-7-9-12-21/h7-9,11-12,14-15,17-19H,4-6,10,13,16,20H2,1-3H3,(H,31,34). The zero-order chi connectivity index (χ0) is 26.9. The number of amides is 2. The molecule has 1 heterocycles. The van der Waals surface area contributed by atoms with E-state index in [1.54, 1.807) is 35.2 Å². The summed E-state index contributed by atoms with van der Waals surface area (Å²) in [5.74, 6) is 1.53. The Balaban J connectivity index is 1.54. The summed E-state index contributed by atoms with van der Waals surface area (Å²) < 4.78 is 22.9. The summed E-state index contributed by atoms with van der Waals surface area (Å²) in [6.45, 7) is 7.42. The van der Waals surface area contributed by atoms with Crippen LogP contribution in [0, 0.1) is 0 Å². The Kier molecular flexibility index (Phi) is 9.08. The van der Waals surface area contributed by atoms with E-state index in [0.717, 1.165) is 12.8 Å². The molecule has 2 amide bonds. The van der Waals surface area contributed by atoms with Crippen LogP contribution in [0.5, 0.6) is 23.0 Å². The lowest BCUT2D eigenvalue weighted by molar-refractivity contribution is -0.121. The van der Waals surface area contributed by atoms with Gasteiger partial charge in [-0.05, 0) is 69.5 Å². The van der Waals surface area contributed by atoms with Gasteiger partial charge in [-0.1, -0.05) is 30.3 Å². The van der Waals surface area contributed by atoms with E-state index in [1.165, 1.54) is 5.56 Å². The molecule has 0 fully saturated rings. The zero-order valence-corrected chi connectivity index (χ0v) is 22.1. The summed E-state index contributed by atoms with van der Waals surface area (Å²) in [6, 6.07) is 18.8. The summed E-state index contributed by atoms with van der Waals surface area (Å²) >= 11 is 0. The van der Waals surface area contributed by atoms with Crippen molar-refractivity contribution in [3.63, 3.8) is 0 Å². The summed E-state index contributed by atoms with van der Waals surface area (Å²) in [4.78, 5) is 27.7. The number of hydrogen-bond donors (Lipinski definition) is 1. The first kappa shape index (κ1) is 26.9. The highest BCUT2D eigenvalue weighted by Crippen LogP contribution is 2.40. The fourth-order valence-corrected chi connectivity index (χ4v) is 4.33. The largest absolute Gasteiger partial charge is 0.490 e. The van der Waals surface area contributed by atoms with Gasteiger partial charge in [-0.25, -0.2) is 0 Å². The molecular formula is C30H34N2O6. The molecule has 0 bridgehead atoms. The average Bonchev–Trinajstić information content (AvgIpc) is 2.92. The monoisotopic (exact) mass is 518 g/mol. The number of aryl methyl sites for hydroxylation is 1. The number of ether oxygens (including phenoxy) is 4. The molecule has 3 aromatic carbocycles. The van der Waals surface area contributed by atoms with E-state index in [0.29, 0.717) is 66.3 Å². The van der Waals surface area contributed by atoms with E-state index in [2.05, 4.69) is 17.4 Å². The van der Waals surface area contributed by atoms with Crippen molar-refractivity contribution in [2.45, 2.75) is 33.6 Å². The number of anilines is 2. The van der Waals surface area contributed by atoms with Gasteiger partial charge in [0, 0.05) is 17.8 Å². The van der Waals surface area contributed by atoms with Gasteiger partial charge in [-0.2, -0.15) is 0 Å². The smallest absolute Gasteiger partial charge is 0.265 e. The minimum Gasteiger partial charge on any atom is -0.490 e. The van der Waals surface area contributed by atoms with Crippen molar-refractivity contribution in [3.8, 4) is 23.0 Å². The molecule has 38 heavy (non-hydrogen) atoms. The summed E-state index contributed by atoms with van der Waals surface area (Å²) in [6.07, 6.45) is 1.66. The minimum atomic E-state index is -0.339. The van der Waals surface area contributed by atoms with E-state index in [1.807, 2.05) is 39.0 Å². The van der Waals surface area contributed by atoms with Crippen molar-refractivity contribution < 1.29 is 28.5 Å². The van der Waals surface area contributed by atoms with Gasteiger partial charge in [0.2, 0.25) is 5.75 Å². The third-order valence-corrected chi connectivity index (χ3v) is 6.02. The maximum Gasteiger partial charge on any atom is 0.265 e. The van der Waals surface area contributed by atoms with Gasteiger partial charge >= 0.3 is 0 Å². The second kappa shape index (κ2) is 12.9. The molecule has 200 valence electrons. The molecule has 4 rings (SSSR count). The molecule has 1 N–H and O–H groups in total. The van der Waals surface area contributed by atoms with Crippen LogP contribution >= 0.6 is 0 Å². The highest BCUT2D eigenvalue weighted by atomic mass is 16.5. The van der Waals surface area contributed by atoms with Gasteiger partial charge in [0.25, 0.3) is 11.8 Å². The van der Waals surface area contributed by atoms with Crippen LogP contribution in [0.3, 0.4) is 0 Å². The number of rotatable bonds is 12. The van der Waals surface area contributed by atoms with E-state index < -0.39 is 0 Å². The fraction of sp³-hybridized carbons (Fsp3) is 0.333. The zero-order valence-electron chi connectivity index (χ0n) is 22.1. The lowest BCUT2D eigenvalue weighted by atomic mass is 10.1. The number of nitrogens with zero attached hydrogens (tertiary/aromatic N) is 1. The quantitative estimate of drug-likeness (QED) is 0.341. The van der Waals surface area contributed by atoms with Crippen molar-refractivity contribution in [1.29, 1.82) is 0 Å².